The molecule has 10 heteroatoms. The number of nitrogen functional groups attached to an aromatic ring is 1. The number of likely N-dealkylation sites (tertiary alicyclic amines) is 1. The second kappa shape index (κ2) is 7.55. The lowest BCUT2D eigenvalue weighted by molar-refractivity contribution is -0.137. The van der Waals surface area contributed by atoms with Gasteiger partial charge in [0.25, 0.3) is 11.8 Å². The lowest BCUT2D eigenvalue weighted by Crippen LogP contribution is -2.29. The van der Waals surface area contributed by atoms with Gasteiger partial charge in [0, 0.05) is 19.6 Å². The van der Waals surface area contributed by atoms with Crippen molar-refractivity contribution >= 4 is 29.0 Å². The molecule has 1 aromatic carbocycles. The fraction of sp³-hybridized carbons (Fsp3) is 0.353. The number of alkyl halides is 3. The van der Waals surface area contributed by atoms with Gasteiger partial charge >= 0.3 is 6.18 Å². The zero-order valence-corrected chi connectivity index (χ0v) is 15.0. The Bertz CT molecular complexity index is 860. The van der Waals surface area contributed by atoms with E-state index in [0.29, 0.717) is 18.7 Å². The van der Waals surface area contributed by atoms with Gasteiger partial charge in [0.15, 0.2) is 5.69 Å². The van der Waals surface area contributed by atoms with Crippen LogP contribution in [0.2, 0.25) is 0 Å². The highest BCUT2D eigenvalue weighted by Gasteiger charge is 2.30. The monoisotopic (exact) mass is 398 g/mol. The Kier molecular flexibility index (Phi) is 5.36. The molecule has 2 aromatic rings. The molecule has 1 fully saturated rings. The van der Waals surface area contributed by atoms with Crippen molar-refractivity contribution in [3.63, 3.8) is 0 Å². The van der Waals surface area contributed by atoms with Crippen LogP contribution in [0.4, 0.5) is 18.9 Å². The van der Waals surface area contributed by atoms with E-state index in [1.54, 1.807) is 4.90 Å². The fourth-order valence-electron chi connectivity index (χ4n) is 2.81. The molecular formula is C17H17F3N4O2S. The largest absolute Gasteiger partial charge is 0.416 e. The van der Waals surface area contributed by atoms with Crippen molar-refractivity contribution in [1.82, 2.24) is 14.6 Å². The van der Waals surface area contributed by atoms with Crippen molar-refractivity contribution in [2.75, 3.05) is 18.8 Å². The predicted molar refractivity (Wildman–Crippen MR) is 94.3 cm³/mol. The number of nitrogens with two attached hydrogens (primary N) is 1. The Morgan fingerprint density at radius 1 is 1.26 bits per heavy atom. The van der Waals surface area contributed by atoms with Crippen molar-refractivity contribution < 1.29 is 22.8 Å². The summed E-state index contributed by atoms with van der Waals surface area (Å²) in [5.74, 6) is -0.888. The zero-order chi connectivity index (χ0) is 19.6. The number of rotatable bonds is 4. The first-order chi connectivity index (χ1) is 12.8. The van der Waals surface area contributed by atoms with Crippen molar-refractivity contribution in [1.29, 1.82) is 0 Å². The number of aromatic nitrogens is 1. The number of nitrogens with zero attached hydrogens (tertiary/aromatic N) is 2. The number of nitrogens with one attached hydrogen (secondary N) is 1. The maximum absolute atomic E-state index is 12.7. The van der Waals surface area contributed by atoms with Crippen LogP contribution in [0.25, 0.3) is 0 Å². The topological polar surface area (TPSA) is 88.3 Å². The molecule has 2 amide bonds. The second-order valence-corrected chi connectivity index (χ2v) is 6.93. The van der Waals surface area contributed by atoms with E-state index in [-0.39, 0.29) is 28.7 Å². The second-order valence-electron chi connectivity index (χ2n) is 6.15. The van der Waals surface area contributed by atoms with Crippen LogP contribution < -0.4 is 11.1 Å². The third kappa shape index (κ3) is 4.21. The van der Waals surface area contributed by atoms with Crippen LogP contribution >= 0.6 is 11.5 Å². The first-order valence-corrected chi connectivity index (χ1v) is 9.03. The van der Waals surface area contributed by atoms with Gasteiger partial charge in [-0.05, 0) is 42.1 Å². The molecule has 144 valence electrons. The van der Waals surface area contributed by atoms with Gasteiger partial charge in [-0.1, -0.05) is 12.1 Å². The molecule has 6 nitrogen and oxygen atoms in total. The Hall–Kier alpha value is -2.62. The average molecular weight is 398 g/mol. The number of carbonyl (C=O) groups is 2. The SMILES string of the molecule is Nc1c(C(=O)N2CCCC2)nsc1C(=O)NCc1cccc(C(F)(F)F)c1. The van der Waals surface area contributed by atoms with Gasteiger partial charge in [0.05, 0.1) is 11.3 Å². The van der Waals surface area contributed by atoms with E-state index < -0.39 is 17.6 Å². The van der Waals surface area contributed by atoms with E-state index >= 15 is 0 Å². The number of amides is 2. The first-order valence-electron chi connectivity index (χ1n) is 8.26. The predicted octanol–water partition coefficient (Wildman–Crippen LogP) is 2.91. The number of anilines is 1. The molecule has 0 bridgehead atoms. The van der Waals surface area contributed by atoms with Crippen molar-refractivity contribution in [2.24, 2.45) is 0 Å². The highest BCUT2D eigenvalue weighted by molar-refractivity contribution is 7.09. The molecule has 3 rings (SSSR count). The summed E-state index contributed by atoms with van der Waals surface area (Å²) >= 11 is 0.799. The van der Waals surface area contributed by atoms with Crippen LogP contribution in [-0.2, 0) is 12.7 Å². The number of halogens is 3. The molecule has 1 aliphatic heterocycles. The summed E-state index contributed by atoms with van der Waals surface area (Å²) in [5, 5.41) is 2.52. The third-order valence-electron chi connectivity index (χ3n) is 4.24. The van der Waals surface area contributed by atoms with Gasteiger partial charge in [0.1, 0.15) is 4.88 Å². The normalized spacial score (nSPS) is 14.4. The smallest absolute Gasteiger partial charge is 0.395 e. The van der Waals surface area contributed by atoms with Gasteiger partial charge in [-0.25, -0.2) is 0 Å². The van der Waals surface area contributed by atoms with Gasteiger partial charge in [-0.15, -0.1) is 0 Å². The van der Waals surface area contributed by atoms with E-state index in [0.717, 1.165) is 36.5 Å². The summed E-state index contributed by atoms with van der Waals surface area (Å²) in [6.45, 7) is 1.16. The lowest BCUT2D eigenvalue weighted by atomic mass is 10.1. The van der Waals surface area contributed by atoms with Crippen molar-refractivity contribution in [3.8, 4) is 0 Å². The molecule has 0 spiro atoms. The van der Waals surface area contributed by atoms with Crippen LogP contribution in [0.5, 0.6) is 0 Å². The molecule has 1 saturated heterocycles. The molecule has 1 aromatic heterocycles. The van der Waals surface area contributed by atoms with Gasteiger partial charge < -0.3 is 16.0 Å². The molecule has 0 saturated carbocycles. The van der Waals surface area contributed by atoms with Crippen molar-refractivity contribution in [2.45, 2.75) is 25.6 Å². The maximum Gasteiger partial charge on any atom is 0.416 e. The molecule has 2 heterocycles. The Balaban J connectivity index is 1.68. The molecule has 1 aliphatic rings. The van der Waals surface area contributed by atoms with Gasteiger partial charge in [0.2, 0.25) is 0 Å². The molecule has 0 unspecified atom stereocenters. The molecule has 0 aliphatic carbocycles. The molecule has 0 atom stereocenters. The minimum absolute atomic E-state index is 0.00144. The van der Waals surface area contributed by atoms with Crippen LogP contribution in [0, 0.1) is 0 Å². The Morgan fingerprint density at radius 2 is 1.96 bits per heavy atom. The van der Waals surface area contributed by atoms with E-state index in [1.807, 2.05) is 0 Å². The van der Waals surface area contributed by atoms with Crippen LogP contribution in [0.3, 0.4) is 0 Å². The van der Waals surface area contributed by atoms with Gasteiger partial charge in [-0.3, -0.25) is 9.59 Å². The lowest BCUT2D eigenvalue weighted by Gasteiger charge is -2.13. The summed E-state index contributed by atoms with van der Waals surface area (Å²) in [5.41, 5.74) is 5.47. The van der Waals surface area contributed by atoms with E-state index in [2.05, 4.69) is 9.69 Å². The molecule has 3 N–H and O–H groups in total. The molecule has 0 radical (unpaired) electrons. The van der Waals surface area contributed by atoms with Crippen LogP contribution in [0.15, 0.2) is 24.3 Å². The molecule has 27 heavy (non-hydrogen) atoms. The molecular weight excluding hydrogens is 381 g/mol. The number of benzene rings is 1. The fourth-order valence-corrected chi connectivity index (χ4v) is 3.51. The van der Waals surface area contributed by atoms with E-state index in [1.165, 1.54) is 12.1 Å². The van der Waals surface area contributed by atoms with Gasteiger partial charge in [-0.2, -0.15) is 17.5 Å². The van der Waals surface area contributed by atoms with E-state index in [4.69, 9.17) is 5.73 Å². The van der Waals surface area contributed by atoms with E-state index in [9.17, 15) is 22.8 Å². The highest BCUT2D eigenvalue weighted by Crippen LogP contribution is 2.29. The Labute approximate surface area is 157 Å². The summed E-state index contributed by atoms with van der Waals surface area (Å²) in [6.07, 6.45) is -2.62. The van der Waals surface area contributed by atoms with Crippen molar-refractivity contribution in [3.05, 3.63) is 46.0 Å². The summed E-state index contributed by atoms with van der Waals surface area (Å²) in [7, 11) is 0. The minimum atomic E-state index is -4.45. The standard InChI is InChI=1S/C17H17F3N4O2S/c18-17(19,20)11-5-3-4-10(8-11)9-22-15(25)14-12(21)13(23-27-14)16(26)24-6-1-2-7-24/h3-5,8H,1-2,6-7,9,21H2,(H,22,25). The Morgan fingerprint density at radius 3 is 2.63 bits per heavy atom. The number of hydrogen-bond acceptors (Lipinski definition) is 5. The quantitative estimate of drug-likeness (QED) is 0.829. The summed E-state index contributed by atoms with van der Waals surface area (Å²) in [6, 6.07) is 4.69. The minimum Gasteiger partial charge on any atom is -0.395 e. The van der Waals surface area contributed by atoms with Crippen LogP contribution in [-0.4, -0.2) is 34.2 Å². The number of hydrogen-bond donors (Lipinski definition) is 2. The van der Waals surface area contributed by atoms with Crippen LogP contribution in [0.1, 0.15) is 44.1 Å². The zero-order valence-electron chi connectivity index (χ0n) is 14.2. The number of carbonyl (C=O) groups excluding carboxylic acids is 2. The summed E-state index contributed by atoms with van der Waals surface area (Å²) < 4.78 is 42.2. The third-order valence-corrected chi connectivity index (χ3v) is 5.10. The maximum atomic E-state index is 12.7. The summed E-state index contributed by atoms with van der Waals surface area (Å²) in [4.78, 5) is 26.4. The first kappa shape index (κ1) is 19.2. The highest BCUT2D eigenvalue weighted by atomic mass is 32.1. The average Bonchev–Trinajstić information content (AvgIpc) is 3.28.